The van der Waals surface area contributed by atoms with E-state index in [0.717, 1.165) is 18.2 Å². The van der Waals surface area contributed by atoms with Crippen molar-refractivity contribution in [3.8, 4) is 5.75 Å². The third kappa shape index (κ3) is 2.63. The van der Waals surface area contributed by atoms with E-state index < -0.39 is 24.5 Å². The lowest BCUT2D eigenvalue weighted by atomic mass is 10.0. The van der Waals surface area contributed by atoms with Crippen molar-refractivity contribution in [3.63, 3.8) is 0 Å². The summed E-state index contributed by atoms with van der Waals surface area (Å²) in [7, 11) is 1.21. The maximum Gasteiger partial charge on any atom is 0.416 e. The molecule has 0 aliphatic rings. The van der Waals surface area contributed by atoms with Crippen molar-refractivity contribution in [2.24, 2.45) is 5.73 Å². The van der Waals surface area contributed by atoms with Crippen LogP contribution in [-0.2, 0) is 6.18 Å². The molecule has 1 atom stereocenters. The third-order valence-corrected chi connectivity index (χ3v) is 2.13. The predicted molar refractivity (Wildman–Crippen MR) is 50.9 cm³/mol. The van der Waals surface area contributed by atoms with E-state index in [1.54, 1.807) is 0 Å². The van der Waals surface area contributed by atoms with Crippen molar-refractivity contribution >= 4 is 0 Å². The van der Waals surface area contributed by atoms with Crippen LogP contribution >= 0.6 is 0 Å². The Hall–Kier alpha value is -1.30. The molecule has 0 heterocycles. The van der Waals surface area contributed by atoms with E-state index in [2.05, 4.69) is 0 Å². The molecule has 6 heteroatoms. The molecular formula is C10H11F4NO. The normalized spacial score (nSPS) is 13.6. The zero-order valence-electron chi connectivity index (χ0n) is 8.51. The second-order valence-corrected chi connectivity index (χ2v) is 3.22. The van der Waals surface area contributed by atoms with Gasteiger partial charge < -0.3 is 10.5 Å². The molecule has 16 heavy (non-hydrogen) atoms. The van der Waals surface area contributed by atoms with Gasteiger partial charge in [-0.05, 0) is 12.1 Å². The van der Waals surface area contributed by atoms with Crippen molar-refractivity contribution in [1.29, 1.82) is 0 Å². The van der Waals surface area contributed by atoms with Gasteiger partial charge in [-0.3, -0.25) is 0 Å². The molecule has 0 aromatic heterocycles. The van der Waals surface area contributed by atoms with Gasteiger partial charge in [-0.2, -0.15) is 13.2 Å². The molecule has 1 aromatic carbocycles. The van der Waals surface area contributed by atoms with E-state index in [-0.39, 0.29) is 11.3 Å². The highest BCUT2D eigenvalue weighted by Crippen LogP contribution is 2.34. The fourth-order valence-corrected chi connectivity index (χ4v) is 1.28. The fourth-order valence-electron chi connectivity index (χ4n) is 1.28. The second kappa shape index (κ2) is 4.69. The highest BCUT2D eigenvalue weighted by molar-refractivity contribution is 5.40. The summed E-state index contributed by atoms with van der Waals surface area (Å²) in [6.45, 7) is -0.859. The predicted octanol–water partition coefficient (Wildman–Crippen LogP) is 2.68. The van der Waals surface area contributed by atoms with Gasteiger partial charge in [0.05, 0.1) is 18.7 Å². The molecular weight excluding hydrogens is 226 g/mol. The molecule has 0 unspecified atom stereocenters. The van der Waals surface area contributed by atoms with E-state index in [1.807, 2.05) is 0 Å². The molecule has 0 aliphatic heterocycles. The lowest BCUT2D eigenvalue weighted by Gasteiger charge is -2.15. The fraction of sp³-hybridized carbons (Fsp3) is 0.400. The maximum absolute atomic E-state index is 12.4. The van der Waals surface area contributed by atoms with Crippen LogP contribution in [0.15, 0.2) is 18.2 Å². The van der Waals surface area contributed by atoms with Gasteiger partial charge >= 0.3 is 6.18 Å². The second-order valence-electron chi connectivity index (χ2n) is 3.22. The first-order chi connectivity index (χ1) is 7.40. The quantitative estimate of drug-likeness (QED) is 0.820. The van der Waals surface area contributed by atoms with E-state index >= 15 is 0 Å². The minimum atomic E-state index is -4.45. The van der Waals surface area contributed by atoms with Crippen molar-refractivity contribution in [2.45, 2.75) is 12.2 Å². The monoisotopic (exact) mass is 237 g/mol. The Morgan fingerprint density at radius 1 is 1.38 bits per heavy atom. The average Bonchev–Trinajstić information content (AvgIpc) is 2.26. The van der Waals surface area contributed by atoms with Gasteiger partial charge in [0.1, 0.15) is 12.4 Å². The molecule has 0 fully saturated rings. The van der Waals surface area contributed by atoms with Gasteiger partial charge in [-0.1, -0.05) is 6.07 Å². The Labute approximate surface area is 90.0 Å². The van der Waals surface area contributed by atoms with E-state index in [4.69, 9.17) is 10.5 Å². The molecule has 0 bridgehead atoms. The highest BCUT2D eigenvalue weighted by Gasteiger charge is 2.31. The van der Waals surface area contributed by atoms with E-state index in [0.29, 0.717) is 0 Å². The number of ether oxygens (including phenoxy) is 1. The van der Waals surface area contributed by atoms with Gasteiger partial charge in [0.25, 0.3) is 0 Å². The highest BCUT2D eigenvalue weighted by atomic mass is 19.4. The molecule has 2 N–H and O–H groups in total. The average molecular weight is 237 g/mol. The molecule has 0 aliphatic carbocycles. The Balaban J connectivity index is 3.17. The Kier molecular flexibility index (Phi) is 3.74. The minimum Gasteiger partial charge on any atom is -0.496 e. The van der Waals surface area contributed by atoms with Crippen LogP contribution in [0.2, 0.25) is 0 Å². The van der Waals surface area contributed by atoms with Crippen LogP contribution in [0.25, 0.3) is 0 Å². The van der Waals surface area contributed by atoms with Crippen LogP contribution in [0.5, 0.6) is 5.75 Å². The Morgan fingerprint density at radius 3 is 2.44 bits per heavy atom. The van der Waals surface area contributed by atoms with Gasteiger partial charge in [0.15, 0.2) is 0 Å². The van der Waals surface area contributed by atoms with E-state index in [9.17, 15) is 17.6 Å². The smallest absolute Gasteiger partial charge is 0.416 e. The first-order valence-corrected chi connectivity index (χ1v) is 4.46. The number of rotatable bonds is 3. The molecule has 0 radical (unpaired) electrons. The minimum absolute atomic E-state index is 0.0556. The summed E-state index contributed by atoms with van der Waals surface area (Å²) in [5.41, 5.74) is 4.77. The van der Waals surface area contributed by atoms with Crippen LogP contribution in [0, 0.1) is 0 Å². The topological polar surface area (TPSA) is 35.2 Å². The van der Waals surface area contributed by atoms with Crippen molar-refractivity contribution < 1.29 is 22.3 Å². The van der Waals surface area contributed by atoms with Crippen molar-refractivity contribution in [3.05, 3.63) is 29.3 Å². The van der Waals surface area contributed by atoms with Crippen molar-refractivity contribution in [2.75, 3.05) is 13.8 Å². The number of hydrogen-bond donors (Lipinski definition) is 1. The summed E-state index contributed by atoms with van der Waals surface area (Å²) in [6.07, 6.45) is -4.45. The number of hydrogen-bond acceptors (Lipinski definition) is 2. The maximum atomic E-state index is 12.4. The van der Waals surface area contributed by atoms with Crippen LogP contribution in [0.3, 0.4) is 0 Å². The molecule has 1 rings (SSSR count). The summed E-state index contributed by atoms with van der Waals surface area (Å²) in [4.78, 5) is 0. The lowest BCUT2D eigenvalue weighted by molar-refractivity contribution is -0.137. The van der Waals surface area contributed by atoms with E-state index in [1.165, 1.54) is 7.11 Å². The largest absolute Gasteiger partial charge is 0.496 e. The molecule has 90 valence electrons. The van der Waals surface area contributed by atoms with Crippen molar-refractivity contribution in [1.82, 2.24) is 0 Å². The zero-order valence-corrected chi connectivity index (χ0v) is 8.51. The molecule has 0 spiro atoms. The summed E-state index contributed by atoms with van der Waals surface area (Å²) in [5, 5.41) is 0. The SMILES string of the molecule is COc1cc(C(F)(F)F)ccc1[C@H](N)CF. The number of methoxy groups -OCH3 is 1. The number of alkyl halides is 4. The van der Waals surface area contributed by atoms with Crippen LogP contribution in [-0.4, -0.2) is 13.8 Å². The number of nitrogens with two attached hydrogens (primary N) is 1. The van der Waals surface area contributed by atoms with Crippen LogP contribution < -0.4 is 10.5 Å². The molecule has 0 saturated carbocycles. The summed E-state index contributed by atoms with van der Waals surface area (Å²) in [5.74, 6) is -0.0556. The Bertz CT molecular complexity index is 364. The summed E-state index contributed by atoms with van der Waals surface area (Å²) in [6, 6.07) is 1.82. The summed E-state index contributed by atoms with van der Waals surface area (Å²) >= 11 is 0. The first kappa shape index (κ1) is 12.8. The first-order valence-electron chi connectivity index (χ1n) is 4.46. The van der Waals surface area contributed by atoms with Gasteiger partial charge in [0.2, 0.25) is 0 Å². The lowest BCUT2D eigenvalue weighted by Crippen LogP contribution is -2.14. The zero-order chi connectivity index (χ0) is 12.3. The molecule has 0 amide bonds. The van der Waals surface area contributed by atoms with Crippen LogP contribution in [0.1, 0.15) is 17.2 Å². The number of halogens is 4. The molecule has 2 nitrogen and oxygen atoms in total. The van der Waals surface area contributed by atoms with Crippen LogP contribution in [0.4, 0.5) is 17.6 Å². The van der Waals surface area contributed by atoms with Gasteiger partial charge in [-0.15, -0.1) is 0 Å². The van der Waals surface area contributed by atoms with Gasteiger partial charge in [0, 0.05) is 5.56 Å². The molecule has 1 aromatic rings. The van der Waals surface area contributed by atoms with Gasteiger partial charge in [-0.25, -0.2) is 4.39 Å². The standard InChI is InChI=1S/C10H11F4NO/c1-16-9-4-6(10(12,13)14)2-3-7(9)8(15)5-11/h2-4,8H,5,15H2,1H3/t8-/m1/s1. The summed E-state index contributed by atoms with van der Waals surface area (Å²) < 4.78 is 54.2. The Morgan fingerprint density at radius 2 is 2.00 bits per heavy atom. The molecule has 0 saturated heterocycles. The third-order valence-electron chi connectivity index (χ3n) is 2.13. The number of benzene rings is 1.